The summed E-state index contributed by atoms with van der Waals surface area (Å²) < 4.78 is 5.97. The van der Waals surface area contributed by atoms with Gasteiger partial charge in [-0.25, -0.2) is 4.98 Å². The maximum absolute atomic E-state index is 11.8. The number of rotatable bonds is 6. The van der Waals surface area contributed by atoms with Gasteiger partial charge < -0.3 is 10.1 Å². The Bertz CT molecular complexity index is 452. The minimum atomic E-state index is -0.271. The van der Waals surface area contributed by atoms with Crippen molar-refractivity contribution in [2.75, 3.05) is 19.8 Å². The van der Waals surface area contributed by atoms with E-state index in [9.17, 15) is 4.79 Å². The van der Waals surface area contributed by atoms with E-state index in [0.29, 0.717) is 29.8 Å². The summed E-state index contributed by atoms with van der Waals surface area (Å²) in [5.74, 6) is -0.271. The van der Waals surface area contributed by atoms with E-state index in [4.69, 9.17) is 16.3 Å². The number of ether oxygens (including phenoxy) is 1. The first-order valence-electron chi connectivity index (χ1n) is 5.32. The van der Waals surface area contributed by atoms with Gasteiger partial charge in [-0.3, -0.25) is 4.79 Å². The fourth-order valence-electron chi connectivity index (χ4n) is 1.16. The molecule has 0 aromatic carbocycles. The molecule has 18 heavy (non-hydrogen) atoms. The molecule has 0 atom stereocenters. The Labute approximate surface area is 120 Å². The minimum absolute atomic E-state index is 0.179. The summed E-state index contributed by atoms with van der Waals surface area (Å²) in [7, 11) is 0. The molecule has 1 N–H and O–H groups in total. The van der Waals surface area contributed by atoms with E-state index >= 15 is 0 Å². The zero-order valence-corrected chi connectivity index (χ0v) is 12.3. The largest absolute Gasteiger partial charge is 0.375 e. The molecule has 1 rings (SSSR count). The first-order valence-corrected chi connectivity index (χ1v) is 6.49. The van der Waals surface area contributed by atoms with Crippen molar-refractivity contribution in [2.24, 2.45) is 0 Å². The Morgan fingerprint density at radius 2 is 2.39 bits per heavy atom. The second kappa shape index (κ2) is 7.51. The summed E-state index contributed by atoms with van der Waals surface area (Å²) in [6.45, 7) is 6.93. The number of pyridine rings is 1. The molecule has 98 valence electrons. The number of nitrogens with one attached hydrogen (secondary N) is 1. The molecule has 0 unspecified atom stereocenters. The van der Waals surface area contributed by atoms with Crippen LogP contribution in [0.4, 0.5) is 0 Å². The summed E-state index contributed by atoms with van der Waals surface area (Å²) in [6.07, 6.45) is 1.54. The van der Waals surface area contributed by atoms with Crippen LogP contribution in [-0.2, 0) is 4.74 Å². The lowest BCUT2D eigenvalue weighted by Crippen LogP contribution is -2.27. The van der Waals surface area contributed by atoms with Crippen LogP contribution in [0.1, 0.15) is 17.3 Å². The van der Waals surface area contributed by atoms with Crippen LogP contribution in [0, 0.1) is 0 Å². The number of carbonyl (C=O) groups excluding carboxylic acids is 1. The third kappa shape index (κ3) is 5.16. The number of aromatic nitrogens is 1. The fraction of sp³-hybridized carbons (Fsp3) is 0.333. The molecule has 6 heteroatoms. The monoisotopic (exact) mass is 332 g/mol. The molecular formula is C12H14BrClN2O2. The van der Waals surface area contributed by atoms with Crippen LogP contribution in [0.15, 0.2) is 28.9 Å². The van der Waals surface area contributed by atoms with E-state index < -0.39 is 0 Å². The van der Waals surface area contributed by atoms with Crippen molar-refractivity contribution < 1.29 is 9.53 Å². The molecule has 1 aromatic heterocycles. The number of amides is 1. The van der Waals surface area contributed by atoms with Gasteiger partial charge in [-0.1, -0.05) is 23.8 Å². The molecule has 0 spiro atoms. The molecular weight excluding hydrogens is 320 g/mol. The first-order chi connectivity index (χ1) is 8.50. The van der Waals surface area contributed by atoms with Crippen LogP contribution in [0.3, 0.4) is 0 Å². The molecule has 0 saturated heterocycles. The van der Waals surface area contributed by atoms with Crippen molar-refractivity contribution >= 4 is 33.4 Å². The zero-order chi connectivity index (χ0) is 13.5. The van der Waals surface area contributed by atoms with Crippen molar-refractivity contribution in [1.29, 1.82) is 0 Å². The first kappa shape index (κ1) is 15.1. The molecule has 1 heterocycles. The Morgan fingerprint density at radius 1 is 1.67 bits per heavy atom. The van der Waals surface area contributed by atoms with Crippen LogP contribution in [0.5, 0.6) is 0 Å². The van der Waals surface area contributed by atoms with E-state index in [1.165, 1.54) is 6.20 Å². The van der Waals surface area contributed by atoms with E-state index in [1.54, 1.807) is 6.07 Å². The molecule has 0 fully saturated rings. The quantitative estimate of drug-likeness (QED) is 0.495. The molecule has 0 radical (unpaired) electrons. The molecule has 0 aliphatic carbocycles. The standard InChI is InChI=1S/C12H14BrClN2O2/c1-8(2)7-18-4-3-15-12(17)10-5-9(13)6-16-11(10)14/h5-6H,1,3-4,7H2,2H3,(H,15,17). The van der Waals surface area contributed by atoms with Crippen LogP contribution in [0.2, 0.25) is 5.15 Å². The second-order valence-corrected chi connectivity index (χ2v) is 5.03. The van der Waals surface area contributed by atoms with Gasteiger partial charge in [0.15, 0.2) is 0 Å². The van der Waals surface area contributed by atoms with Crippen molar-refractivity contribution in [3.63, 3.8) is 0 Å². The van der Waals surface area contributed by atoms with E-state index in [-0.39, 0.29) is 11.1 Å². The summed E-state index contributed by atoms with van der Waals surface area (Å²) in [4.78, 5) is 15.7. The number of hydrogen-bond donors (Lipinski definition) is 1. The second-order valence-electron chi connectivity index (χ2n) is 3.76. The average molecular weight is 334 g/mol. The van der Waals surface area contributed by atoms with Gasteiger partial charge in [0.1, 0.15) is 5.15 Å². The summed E-state index contributed by atoms with van der Waals surface area (Å²) in [6, 6.07) is 1.62. The molecule has 0 bridgehead atoms. The Morgan fingerprint density at radius 3 is 3.06 bits per heavy atom. The third-order valence-electron chi connectivity index (χ3n) is 1.93. The lowest BCUT2D eigenvalue weighted by Gasteiger charge is -2.07. The van der Waals surface area contributed by atoms with Crippen LogP contribution in [0.25, 0.3) is 0 Å². The van der Waals surface area contributed by atoms with E-state index in [0.717, 1.165) is 5.57 Å². The van der Waals surface area contributed by atoms with Crippen LogP contribution in [-0.4, -0.2) is 30.6 Å². The number of nitrogens with zero attached hydrogens (tertiary/aromatic N) is 1. The predicted octanol–water partition coefficient (Wildman–Crippen LogP) is 2.82. The Hall–Kier alpha value is -0.910. The highest BCUT2D eigenvalue weighted by Crippen LogP contribution is 2.17. The van der Waals surface area contributed by atoms with Gasteiger partial charge >= 0.3 is 0 Å². The third-order valence-corrected chi connectivity index (χ3v) is 2.67. The molecule has 1 amide bonds. The van der Waals surface area contributed by atoms with E-state index in [2.05, 4.69) is 32.8 Å². The number of carbonyl (C=O) groups is 1. The molecule has 0 aliphatic heterocycles. The zero-order valence-electron chi connectivity index (χ0n) is 10.0. The SMILES string of the molecule is C=C(C)COCCNC(=O)c1cc(Br)cnc1Cl. The maximum Gasteiger partial charge on any atom is 0.254 e. The predicted molar refractivity (Wildman–Crippen MR) is 74.9 cm³/mol. The van der Waals surface area contributed by atoms with E-state index in [1.807, 2.05) is 6.92 Å². The topological polar surface area (TPSA) is 51.2 Å². The van der Waals surface area contributed by atoms with Gasteiger partial charge in [-0.15, -0.1) is 0 Å². The maximum atomic E-state index is 11.8. The van der Waals surface area contributed by atoms with Gasteiger partial charge in [-0.2, -0.15) is 0 Å². The fourth-order valence-corrected chi connectivity index (χ4v) is 1.68. The highest BCUT2D eigenvalue weighted by Gasteiger charge is 2.11. The normalized spacial score (nSPS) is 10.2. The molecule has 4 nitrogen and oxygen atoms in total. The van der Waals surface area contributed by atoms with Crippen molar-refractivity contribution in [2.45, 2.75) is 6.92 Å². The Kier molecular flexibility index (Phi) is 6.32. The Balaban J connectivity index is 2.41. The summed E-state index contributed by atoms with van der Waals surface area (Å²) >= 11 is 9.08. The number of halogens is 2. The highest BCUT2D eigenvalue weighted by molar-refractivity contribution is 9.10. The van der Waals surface area contributed by atoms with Crippen molar-refractivity contribution in [1.82, 2.24) is 10.3 Å². The average Bonchev–Trinajstić information content (AvgIpc) is 2.31. The van der Waals surface area contributed by atoms with Gasteiger partial charge in [0.2, 0.25) is 0 Å². The molecule has 1 aromatic rings. The lowest BCUT2D eigenvalue weighted by atomic mass is 10.2. The lowest BCUT2D eigenvalue weighted by molar-refractivity contribution is 0.0926. The smallest absolute Gasteiger partial charge is 0.254 e. The van der Waals surface area contributed by atoms with Crippen LogP contribution >= 0.6 is 27.5 Å². The van der Waals surface area contributed by atoms with Gasteiger partial charge in [-0.05, 0) is 28.9 Å². The summed E-state index contributed by atoms with van der Waals surface area (Å²) in [5, 5.41) is 2.88. The van der Waals surface area contributed by atoms with Gasteiger partial charge in [0, 0.05) is 17.2 Å². The summed E-state index contributed by atoms with van der Waals surface area (Å²) in [5.41, 5.74) is 1.28. The number of hydrogen-bond acceptors (Lipinski definition) is 3. The minimum Gasteiger partial charge on any atom is -0.375 e. The van der Waals surface area contributed by atoms with Crippen molar-refractivity contribution in [3.8, 4) is 0 Å². The van der Waals surface area contributed by atoms with Crippen molar-refractivity contribution in [3.05, 3.63) is 39.6 Å². The molecule has 0 saturated carbocycles. The van der Waals surface area contributed by atoms with Crippen LogP contribution < -0.4 is 5.32 Å². The van der Waals surface area contributed by atoms with Gasteiger partial charge in [0.25, 0.3) is 5.91 Å². The highest BCUT2D eigenvalue weighted by atomic mass is 79.9. The van der Waals surface area contributed by atoms with Gasteiger partial charge in [0.05, 0.1) is 18.8 Å². The molecule has 0 aliphatic rings.